The molecule has 1 aliphatic heterocycles. The van der Waals surface area contributed by atoms with Gasteiger partial charge < -0.3 is 9.88 Å². The molecular weight excluding hydrogens is 478 g/mol. The average Bonchev–Trinajstić information content (AvgIpc) is 3.20. The van der Waals surface area contributed by atoms with Gasteiger partial charge in [0.2, 0.25) is 11.1 Å². The summed E-state index contributed by atoms with van der Waals surface area (Å²) >= 11 is 2.73. The summed E-state index contributed by atoms with van der Waals surface area (Å²) in [6, 6.07) is 16.3. The fourth-order valence-corrected chi connectivity index (χ4v) is 5.19. The Morgan fingerprint density at radius 2 is 1.94 bits per heavy atom. The average molecular weight is 504 g/mol. The zero-order chi connectivity index (χ0) is 24.2. The summed E-state index contributed by atoms with van der Waals surface area (Å²) in [6.45, 7) is 5.09. The normalized spacial score (nSPS) is 13.7. The third kappa shape index (κ3) is 5.23. The number of nitrogens with zero attached hydrogens (tertiary/aromatic N) is 6. The number of carbonyl (C=O) groups is 1. The van der Waals surface area contributed by atoms with Crippen molar-refractivity contribution >= 4 is 62.4 Å². The first-order valence-corrected chi connectivity index (χ1v) is 13.5. The van der Waals surface area contributed by atoms with Gasteiger partial charge in [0.25, 0.3) is 0 Å². The predicted molar refractivity (Wildman–Crippen MR) is 144 cm³/mol. The first kappa shape index (κ1) is 23.5. The first-order valence-electron chi connectivity index (χ1n) is 11.5. The van der Waals surface area contributed by atoms with E-state index in [0.717, 1.165) is 52.7 Å². The van der Waals surface area contributed by atoms with Crippen LogP contribution in [0.2, 0.25) is 0 Å². The monoisotopic (exact) mass is 503 g/mol. The lowest BCUT2D eigenvalue weighted by Crippen LogP contribution is -2.31. The quantitative estimate of drug-likeness (QED) is 0.364. The maximum atomic E-state index is 12.5. The number of nitrogens with one attached hydrogen (secondary N) is 1. The molecule has 5 rings (SSSR count). The Kier molecular flexibility index (Phi) is 7.10. The van der Waals surface area contributed by atoms with Crippen LogP contribution in [0.1, 0.15) is 30.9 Å². The molecule has 1 amide bonds. The van der Waals surface area contributed by atoms with Crippen molar-refractivity contribution in [3.63, 3.8) is 0 Å². The lowest BCUT2D eigenvalue weighted by Gasteiger charge is -2.12. The van der Waals surface area contributed by atoms with E-state index in [0.29, 0.717) is 16.1 Å². The second kappa shape index (κ2) is 10.6. The summed E-state index contributed by atoms with van der Waals surface area (Å²) in [5, 5.41) is 22.1. The van der Waals surface area contributed by atoms with Crippen molar-refractivity contribution in [1.29, 1.82) is 0 Å². The van der Waals surface area contributed by atoms with Gasteiger partial charge in [-0.15, -0.1) is 15.3 Å². The molecule has 0 bridgehead atoms. The molecule has 10 heteroatoms. The van der Waals surface area contributed by atoms with Crippen molar-refractivity contribution < 1.29 is 4.79 Å². The third-order valence-electron chi connectivity index (χ3n) is 5.66. The van der Waals surface area contributed by atoms with Gasteiger partial charge in [-0.25, -0.2) is 4.98 Å². The molecule has 0 aliphatic carbocycles. The Labute approximate surface area is 211 Å². The number of amidine groups is 1. The molecule has 3 heterocycles. The number of para-hydroxylation sites is 1. The highest BCUT2D eigenvalue weighted by atomic mass is 32.2. The highest BCUT2D eigenvalue weighted by Crippen LogP contribution is 2.27. The molecule has 1 N–H and O–H groups in total. The SMILES string of the molecule is CCCCn1c2ccccc2c2nnc(SCC(=O)NC3=NN=C(c4ccc(C)cc4)CS3)nc21. The van der Waals surface area contributed by atoms with Gasteiger partial charge in [0.15, 0.2) is 10.8 Å². The van der Waals surface area contributed by atoms with Crippen LogP contribution in [0, 0.1) is 6.92 Å². The van der Waals surface area contributed by atoms with Crippen LogP contribution in [0.25, 0.3) is 22.1 Å². The molecule has 2 aromatic carbocycles. The van der Waals surface area contributed by atoms with Crippen molar-refractivity contribution in [2.45, 2.75) is 38.4 Å². The number of hydrogen-bond acceptors (Lipinski definition) is 8. The summed E-state index contributed by atoms with van der Waals surface area (Å²) in [6.07, 6.45) is 2.14. The van der Waals surface area contributed by atoms with E-state index in [1.165, 1.54) is 29.1 Å². The number of aromatic nitrogens is 4. The van der Waals surface area contributed by atoms with E-state index in [9.17, 15) is 4.79 Å². The van der Waals surface area contributed by atoms with E-state index in [4.69, 9.17) is 4.98 Å². The molecule has 0 unspecified atom stereocenters. The van der Waals surface area contributed by atoms with Gasteiger partial charge in [0.1, 0.15) is 5.52 Å². The molecule has 0 saturated carbocycles. The Bertz CT molecular complexity index is 1440. The number of aryl methyl sites for hydroxylation is 2. The van der Waals surface area contributed by atoms with Crippen LogP contribution >= 0.6 is 23.5 Å². The smallest absolute Gasteiger partial charge is 0.236 e. The Balaban J connectivity index is 1.26. The number of fused-ring (bicyclic) bond motifs is 3. The van der Waals surface area contributed by atoms with Crippen molar-refractivity contribution in [2.24, 2.45) is 10.2 Å². The summed E-state index contributed by atoms with van der Waals surface area (Å²) < 4.78 is 2.20. The van der Waals surface area contributed by atoms with E-state index in [1.807, 2.05) is 30.3 Å². The minimum Gasteiger partial charge on any atom is -0.324 e. The minimum atomic E-state index is -0.176. The molecule has 35 heavy (non-hydrogen) atoms. The lowest BCUT2D eigenvalue weighted by molar-refractivity contribution is -0.117. The largest absolute Gasteiger partial charge is 0.324 e. The molecular formula is C25H25N7OS2. The second-order valence-electron chi connectivity index (χ2n) is 8.23. The zero-order valence-corrected chi connectivity index (χ0v) is 21.2. The molecule has 0 saturated heterocycles. The fraction of sp³-hybridized carbons (Fsp3) is 0.280. The fourth-order valence-electron chi connectivity index (χ4n) is 3.83. The first-order chi connectivity index (χ1) is 17.1. The molecule has 4 aromatic rings. The van der Waals surface area contributed by atoms with Gasteiger partial charge in [-0.05, 0) is 25.0 Å². The van der Waals surface area contributed by atoms with Gasteiger partial charge in [0.05, 0.1) is 17.0 Å². The van der Waals surface area contributed by atoms with Gasteiger partial charge in [0, 0.05) is 17.7 Å². The van der Waals surface area contributed by atoms with E-state index >= 15 is 0 Å². The number of thioether (sulfide) groups is 2. The Morgan fingerprint density at radius 3 is 2.71 bits per heavy atom. The molecule has 0 radical (unpaired) electrons. The van der Waals surface area contributed by atoms with Gasteiger partial charge >= 0.3 is 0 Å². The van der Waals surface area contributed by atoms with E-state index in [1.54, 1.807) is 0 Å². The van der Waals surface area contributed by atoms with Crippen LogP contribution in [-0.4, -0.2) is 48.0 Å². The third-order valence-corrected chi connectivity index (χ3v) is 7.37. The van der Waals surface area contributed by atoms with Crippen LogP contribution in [0.3, 0.4) is 0 Å². The number of carbonyl (C=O) groups excluding carboxylic acids is 1. The number of benzene rings is 2. The van der Waals surface area contributed by atoms with Crippen LogP contribution in [-0.2, 0) is 11.3 Å². The Morgan fingerprint density at radius 1 is 1.11 bits per heavy atom. The standard InChI is InChI=1S/C25H25N7OS2/c1-3-4-13-32-20-8-6-5-7-18(20)22-23(32)27-25(31-29-22)35-15-21(33)26-24-30-28-19(14-34-24)17-11-9-16(2)10-12-17/h5-12H,3-4,13-15H2,1-2H3,(H,26,30,33). The molecule has 2 aromatic heterocycles. The maximum absolute atomic E-state index is 12.5. The Hall–Kier alpha value is -3.24. The van der Waals surface area contributed by atoms with Crippen LogP contribution in [0.5, 0.6) is 0 Å². The summed E-state index contributed by atoms with van der Waals surface area (Å²) in [5.41, 5.74) is 5.85. The summed E-state index contributed by atoms with van der Waals surface area (Å²) in [5.74, 6) is 0.642. The molecule has 0 spiro atoms. The van der Waals surface area contributed by atoms with E-state index < -0.39 is 0 Å². The van der Waals surface area contributed by atoms with Crippen LogP contribution < -0.4 is 5.32 Å². The van der Waals surface area contributed by atoms with E-state index in [2.05, 4.69) is 62.3 Å². The number of hydrogen-bond donors (Lipinski definition) is 1. The topological polar surface area (TPSA) is 97.4 Å². The predicted octanol–water partition coefficient (Wildman–Crippen LogP) is 4.80. The maximum Gasteiger partial charge on any atom is 0.236 e. The van der Waals surface area contributed by atoms with Crippen molar-refractivity contribution in [3.8, 4) is 0 Å². The highest BCUT2D eigenvalue weighted by molar-refractivity contribution is 8.14. The van der Waals surface area contributed by atoms with Gasteiger partial charge in [-0.1, -0.05) is 84.9 Å². The number of unbranched alkanes of at least 4 members (excludes halogenated alkanes) is 1. The van der Waals surface area contributed by atoms with Crippen molar-refractivity contribution in [1.82, 2.24) is 25.1 Å². The molecule has 8 nitrogen and oxygen atoms in total. The minimum absolute atomic E-state index is 0.163. The van der Waals surface area contributed by atoms with Crippen LogP contribution in [0.15, 0.2) is 63.9 Å². The molecule has 0 fully saturated rings. The molecule has 0 atom stereocenters. The van der Waals surface area contributed by atoms with Crippen LogP contribution in [0.4, 0.5) is 0 Å². The highest BCUT2D eigenvalue weighted by Gasteiger charge is 2.17. The lowest BCUT2D eigenvalue weighted by atomic mass is 10.1. The zero-order valence-electron chi connectivity index (χ0n) is 19.6. The van der Waals surface area contributed by atoms with Gasteiger partial charge in [-0.3, -0.25) is 4.79 Å². The molecule has 1 aliphatic rings. The van der Waals surface area contributed by atoms with Crippen molar-refractivity contribution in [3.05, 3.63) is 59.7 Å². The van der Waals surface area contributed by atoms with Gasteiger partial charge in [-0.2, -0.15) is 5.10 Å². The second-order valence-corrected chi connectivity index (χ2v) is 10.1. The summed E-state index contributed by atoms with van der Waals surface area (Å²) in [4.78, 5) is 17.3. The van der Waals surface area contributed by atoms with E-state index in [-0.39, 0.29) is 11.7 Å². The number of amides is 1. The number of rotatable bonds is 7. The molecule has 178 valence electrons. The van der Waals surface area contributed by atoms with Crippen molar-refractivity contribution in [2.75, 3.05) is 11.5 Å². The summed E-state index contributed by atoms with van der Waals surface area (Å²) in [7, 11) is 0.